The summed E-state index contributed by atoms with van der Waals surface area (Å²) in [5.74, 6) is 0.808. The second-order valence-corrected chi connectivity index (χ2v) is 8.27. The van der Waals surface area contributed by atoms with Gasteiger partial charge in [0, 0.05) is 5.56 Å². The van der Waals surface area contributed by atoms with Crippen LogP contribution in [0.4, 0.5) is 5.69 Å². The molecule has 28 heavy (non-hydrogen) atoms. The maximum absolute atomic E-state index is 12.9. The molecule has 2 aromatic carbocycles. The number of amides is 1. The summed E-state index contributed by atoms with van der Waals surface area (Å²) in [6.45, 7) is 3.36. The normalized spacial score (nSPS) is 13.3. The van der Waals surface area contributed by atoms with Gasteiger partial charge in [0.25, 0.3) is 0 Å². The second-order valence-electron chi connectivity index (χ2n) is 6.41. The molecule has 7 nitrogen and oxygen atoms in total. The van der Waals surface area contributed by atoms with Gasteiger partial charge in [-0.05, 0) is 44.2 Å². The molecule has 0 radical (unpaired) electrons. The van der Waals surface area contributed by atoms with Crippen LogP contribution in [-0.4, -0.2) is 40.8 Å². The Morgan fingerprint density at radius 3 is 2.21 bits per heavy atom. The van der Waals surface area contributed by atoms with Crippen LogP contribution in [0, 0.1) is 0 Å². The molecule has 8 heteroatoms. The summed E-state index contributed by atoms with van der Waals surface area (Å²) >= 11 is 0. The highest BCUT2D eigenvalue weighted by molar-refractivity contribution is 7.92. The zero-order chi connectivity index (χ0) is 20.9. The Bertz CT molecular complexity index is 915. The SMILES string of the molecule is COc1ccc(OC)c(C(C)NC(=O)C(C)N(c2ccccc2)S(C)(=O)=O)c1. The van der Waals surface area contributed by atoms with Crippen LogP contribution >= 0.6 is 0 Å². The maximum Gasteiger partial charge on any atom is 0.244 e. The van der Waals surface area contributed by atoms with Crippen LogP contribution < -0.4 is 19.1 Å². The molecule has 0 fully saturated rings. The van der Waals surface area contributed by atoms with Crippen LogP contribution in [0.15, 0.2) is 48.5 Å². The summed E-state index contributed by atoms with van der Waals surface area (Å²) in [6, 6.07) is 12.5. The molecule has 0 aromatic heterocycles. The summed E-state index contributed by atoms with van der Waals surface area (Å²) in [5.41, 5.74) is 1.16. The summed E-state index contributed by atoms with van der Waals surface area (Å²) < 4.78 is 36.4. The van der Waals surface area contributed by atoms with Crippen LogP contribution in [0.1, 0.15) is 25.5 Å². The van der Waals surface area contributed by atoms with Crippen molar-refractivity contribution in [2.45, 2.75) is 25.9 Å². The van der Waals surface area contributed by atoms with Crippen molar-refractivity contribution in [2.24, 2.45) is 0 Å². The molecular weight excluding hydrogens is 380 g/mol. The minimum Gasteiger partial charge on any atom is -0.497 e. The van der Waals surface area contributed by atoms with Crippen LogP contribution in [-0.2, 0) is 14.8 Å². The van der Waals surface area contributed by atoms with E-state index < -0.39 is 28.0 Å². The minimum atomic E-state index is -3.66. The number of hydrogen-bond acceptors (Lipinski definition) is 5. The fourth-order valence-corrected chi connectivity index (χ4v) is 4.15. The summed E-state index contributed by atoms with van der Waals surface area (Å²) in [7, 11) is -0.557. The predicted octanol–water partition coefficient (Wildman–Crippen LogP) is 2.74. The quantitative estimate of drug-likeness (QED) is 0.729. The third kappa shape index (κ3) is 4.95. The van der Waals surface area contributed by atoms with Crippen molar-refractivity contribution in [3.8, 4) is 11.5 Å². The monoisotopic (exact) mass is 406 g/mol. The molecule has 1 amide bonds. The molecule has 2 unspecified atom stereocenters. The van der Waals surface area contributed by atoms with Gasteiger partial charge in [-0.25, -0.2) is 8.42 Å². The Hall–Kier alpha value is -2.74. The molecule has 0 bridgehead atoms. The largest absolute Gasteiger partial charge is 0.497 e. The van der Waals surface area contributed by atoms with Gasteiger partial charge < -0.3 is 14.8 Å². The highest BCUT2D eigenvalue weighted by Gasteiger charge is 2.30. The lowest BCUT2D eigenvalue weighted by Crippen LogP contribution is -2.48. The molecule has 0 saturated carbocycles. The number of carbonyl (C=O) groups is 1. The lowest BCUT2D eigenvalue weighted by Gasteiger charge is -2.29. The summed E-state index contributed by atoms with van der Waals surface area (Å²) in [6.07, 6.45) is 1.08. The molecule has 0 heterocycles. The molecule has 0 aliphatic carbocycles. The van der Waals surface area contributed by atoms with Crippen molar-refractivity contribution < 1.29 is 22.7 Å². The van der Waals surface area contributed by atoms with Crippen molar-refractivity contribution in [1.82, 2.24) is 5.32 Å². The Morgan fingerprint density at radius 1 is 1.04 bits per heavy atom. The molecule has 2 aromatic rings. The topological polar surface area (TPSA) is 84.9 Å². The first-order chi connectivity index (χ1) is 13.2. The van der Waals surface area contributed by atoms with E-state index in [1.165, 1.54) is 0 Å². The van der Waals surface area contributed by atoms with Gasteiger partial charge in [0.2, 0.25) is 15.9 Å². The average molecular weight is 407 g/mol. The predicted molar refractivity (Wildman–Crippen MR) is 109 cm³/mol. The number of ether oxygens (including phenoxy) is 2. The van der Waals surface area contributed by atoms with Crippen LogP contribution in [0.5, 0.6) is 11.5 Å². The molecule has 2 rings (SSSR count). The van der Waals surface area contributed by atoms with Gasteiger partial charge in [-0.2, -0.15) is 0 Å². The van der Waals surface area contributed by atoms with Crippen LogP contribution in [0.3, 0.4) is 0 Å². The summed E-state index contributed by atoms with van der Waals surface area (Å²) in [5, 5.41) is 2.86. The first-order valence-electron chi connectivity index (χ1n) is 8.75. The fraction of sp³-hybridized carbons (Fsp3) is 0.350. The van der Waals surface area contributed by atoms with Crippen molar-refractivity contribution in [1.29, 1.82) is 0 Å². The van der Waals surface area contributed by atoms with Gasteiger partial charge >= 0.3 is 0 Å². The van der Waals surface area contributed by atoms with E-state index in [4.69, 9.17) is 9.47 Å². The van der Waals surface area contributed by atoms with Crippen LogP contribution in [0.2, 0.25) is 0 Å². The highest BCUT2D eigenvalue weighted by Crippen LogP contribution is 2.29. The van der Waals surface area contributed by atoms with Gasteiger partial charge in [0.15, 0.2) is 0 Å². The molecule has 0 aliphatic rings. The molecule has 0 saturated heterocycles. The highest BCUT2D eigenvalue weighted by atomic mass is 32.2. The number of anilines is 1. The van der Waals surface area contributed by atoms with E-state index in [0.717, 1.165) is 16.1 Å². The number of nitrogens with zero attached hydrogens (tertiary/aromatic N) is 1. The van der Waals surface area contributed by atoms with Crippen molar-refractivity contribution in [3.05, 3.63) is 54.1 Å². The van der Waals surface area contributed by atoms with E-state index in [9.17, 15) is 13.2 Å². The van der Waals surface area contributed by atoms with Gasteiger partial charge in [0.1, 0.15) is 17.5 Å². The standard InChI is InChI=1S/C20H26N2O5S/c1-14(18-13-17(26-3)11-12-19(18)27-4)21-20(23)15(2)22(28(5,24)25)16-9-7-6-8-10-16/h6-15H,1-5H3,(H,21,23). The fourth-order valence-electron chi connectivity index (χ4n) is 2.97. The maximum atomic E-state index is 12.9. The zero-order valence-electron chi connectivity index (χ0n) is 16.7. The van der Waals surface area contributed by atoms with Crippen LogP contribution in [0.25, 0.3) is 0 Å². The van der Waals surface area contributed by atoms with Gasteiger partial charge in [-0.1, -0.05) is 18.2 Å². The van der Waals surface area contributed by atoms with E-state index >= 15 is 0 Å². The molecule has 152 valence electrons. The van der Waals surface area contributed by atoms with E-state index in [1.54, 1.807) is 76.6 Å². The number of hydrogen-bond donors (Lipinski definition) is 1. The first kappa shape index (κ1) is 21.6. The lowest BCUT2D eigenvalue weighted by atomic mass is 10.1. The number of methoxy groups -OCH3 is 2. The Labute approximate surface area is 166 Å². The Kier molecular flexibility index (Phi) is 6.90. The van der Waals surface area contributed by atoms with Crippen molar-refractivity contribution in [3.63, 3.8) is 0 Å². The molecular formula is C20H26N2O5S. The molecule has 0 spiro atoms. The van der Waals surface area contributed by atoms with E-state index in [1.807, 2.05) is 0 Å². The van der Waals surface area contributed by atoms with Gasteiger partial charge in [-0.3, -0.25) is 9.10 Å². The second kappa shape index (κ2) is 8.97. The Balaban J connectivity index is 2.27. The van der Waals surface area contributed by atoms with Gasteiger partial charge in [0.05, 0.1) is 32.2 Å². The average Bonchev–Trinajstić information content (AvgIpc) is 2.67. The third-order valence-electron chi connectivity index (χ3n) is 4.36. The number of benzene rings is 2. The Morgan fingerprint density at radius 2 is 1.68 bits per heavy atom. The number of rotatable bonds is 8. The lowest BCUT2D eigenvalue weighted by molar-refractivity contribution is -0.122. The molecule has 0 aliphatic heterocycles. The summed E-state index contributed by atoms with van der Waals surface area (Å²) in [4.78, 5) is 12.9. The smallest absolute Gasteiger partial charge is 0.244 e. The van der Waals surface area contributed by atoms with E-state index in [2.05, 4.69) is 5.32 Å². The van der Waals surface area contributed by atoms with E-state index in [-0.39, 0.29) is 0 Å². The molecule has 2 atom stereocenters. The van der Waals surface area contributed by atoms with E-state index in [0.29, 0.717) is 17.2 Å². The third-order valence-corrected chi connectivity index (χ3v) is 5.60. The zero-order valence-corrected chi connectivity index (χ0v) is 17.5. The molecule has 1 N–H and O–H groups in total. The number of para-hydroxylation sites is 1. The first-order valence-corrected chi connectivity index (χ1v) is 10.6. The van der Waals surface area contributed by atoms with Crippen molar-refractivity contribution >= 4 is 21.6 Å². The minimum absolute atomic E-state index is 0.419. The number of nitrogens with one attached hydrogen (secondary N) is 1. The van der Waals surface area contributed by atoms with Crippen molar-refractivity contribution in [2.75, 3.05) is 24.8 Å². The number of sulfonamides is 1. The number of carbonyl (C=O) groups excluding carboxylic acids is 1. The van der Waals surface area contributed by atoms with Gasteiger partial charge in [-0.15, -0.1) is 0 Å².